The zero-order chi connectivity index (χ0) is 19.7. The number of rotatable bonds is 2. The Labute approximate surface area is 155 Å². The van der Waals surface area contributed by atoms with Crippen molar-refractivity contribution in [1.82, 2.24) is 4.90 Å². The molecule has 8 heteroatoms. The van der Waals surface area contributed by atoms with Crippen molar-refractivity contribution in [3.05, 3.63) is 0 Å². The van der Waals surface area contributed by atoms with Crippen molar-refractivity contribution < 1.29 is 28.4 Å². The molecular formula is C18H30BNO6. The third-order valence-electron chi connectivity index (χ3n) is 6.06. The van der Waals surface area contributed by atoms with Crippen LogP contribution in [0.25, 0.3) is 0 Å². The minimum absolute atomic E-state index is 0.0235. The molecule has 0 spiro atoms. The number of amides is 1. The van der Waals surface area contributed by atoms with E-state index in [-0.39, 0.29) is 24.8 Å². The van der Waals surface area contributed by atoms with Crippen molar-refractivity contribution >= 4 is 19.2 Å². The van der Waals surface area contributed by atoms with E-state index < -0.39 is 34.9 Å². The number of fused-ring (bicyclic) bond motifs is 1. The van der Waals surface area contributed by atoms with Gasteiger partial charge in [0.15, 0.2) is 0 Å². The molecular weight excluding hydrogens is 337 g/mol. The first kappa shape index (κ1) is 19.5. The van der Waals surface area contributed by atoms with Crippen LogP contribution >= 0.6 is 0 Å². The van der Waals surface area contributed by atoms with Crippen LogP contribution in [0.15, 0.2) is 0 Å². The molecule has 0 bridgehead atoms. The number of likely N-dealkylation sites (tertiary alicyclic amines) is 1. The Balaban J connectivity index is 1.75. The topological polar surface area (TPSA) is 74.3 Å². The molecule has 0 aromatic carbocycles. The van der Waals surface area contributed by atoms with Crippen LogP contribution in [0.3, 0.4) is 0 Å². The second-order valence-electron chi connectivity index (χ2n) is 9.54. The molecule has 0 radical (unpaired) electrons. The van der Waals surface area contributed by atoms with Gasteiger partial charge in [0.25, 0.3) is 0 Å². The fraction of sp³-hybridized carbons (Fsp3) is 0.889. The largest absolute Gasteiger partial charge is 0.467 e. The van der Waals surface area contributed by atoms with Crippen molar-refractivity contribution in [2.45, 2.75) is 77.1 Å². The number of carbonyl (C=O) groups excluding carboxylic acids is 2. The lowest BCUT2D eigenvalue weighted by Crippen LogP contribution is -2.47. The van der Waals surface area contributed by atoms with E-state index in [2.05, 4.69) is 0 Å². The van der Waals surface area contributed by atoms with E-state index in [4.69, 9.17) is 18.8 Å². The number of piperidine rings is 1. The molecule has 3 aliphatic rings. The summed E-state index contributed by atoms with van der Waals surface area (Å²) in [6, 6.07) is -0.649. The Morgan fingerprint density at radius 1 is 1.12 bits per heavy atom. The normalized spacial score (nSPS) is 34.5. The lowest BCUT2D eigenvalue weighted by atomic mass is 9.77. The molecule has 0 aromatic heterocycles. The van der Waals surface area contributed by atoms with Crippen molar-refractivity contribution in [3.63, 3.8) is 0 Å². The van der Waals surface area contributed by atoms with Gasteiger partial charge in [-0.2, -0.15) is 0 Å². The zero-order valence-corrected chi connectivity index (χ0v) is 17.0. The Morgan fingerprint density at radius 3 is 2.12 bits per heavy atom. The number of methoxy groups -OCH3 is 1. The van der Waals surface area contributed by atoms with E-state index in [0.29, 0.717) is 6.54 Å². The molecule has 2 aliphatic heterocycles. The van der Waals surface area contributed by atoms with Crippen molar-refractivity contribution in [1.29, 1.82) is 0 Å². The molecule has 4 unspecified atom stereocenters. The number of nitrogens with zero attached hydrogens (tertiary/aromatic N) is 1. The first-order valence-corrected chi connectivity index (χ1v) is 9.22. The highest BCUT2D eigenvalue weighted by Crippen LogP contribution is 2.64. The number of esters is 1. The molecule has 1 saturated carbocycles. The lowest BCUT2D eigenvalue weighted by Gasteiger charge is -2.32. The van der Waals surface area contributed by atoms with Crippen molar-refractivity contribution in [3.8, 4) is 0 Å². The summed E-state index contributed by atoms with van der Waals surface area (Å²) in [5, 5.41) is 0. The van der Waals surface area contributed by atoms with Gasteiger partial charge in [-0.3, -0.25) is 4.90 Å². The maximum atomic E-state index is 12.5. The predicted octanol–water partition coefficient (Wildman–Crippen LogP) is 2.49. The number of ether oxygens (including phenoxy) is 2. The van der Waals surface area contributed by atoms with Gasteiger partial charge in [0.05, 0.1) is 18.3 Å². The maximum Gasteiger partial charge on any atom is 0.461 e. The Morgan fingerprint density at radius 2 is 1.65 bits per heavy atom. The monoisotopic (exact) mass is 367 g/mol. The SMILES string of the molecule is COC(=O)C1C2C(CN1C(=O)OC(C)(C)C)C2B1OC(C)(C)C(C)(C)O1. The fourth-order valence-corrected chi connectivity index (χ4v) is 4.01. The number of hydrogen-bond acceptors (Lipinski definition) is 6. The van der Waals surface area contributed by atoms with E-state index in [1.54, 1.807) is 0 Å². The third-order valence-corrected chi connectivity index (χ3v) is 6.06. The maximum absolute atomic E-state index is 12.5. The molecule has 3 rings (SSSR count). The van der Waals surface area contributed by atoms with Crippen LogP contribution in [0.5, 0.6) is 0 Å². The summed E-state index contributed by atoms with van der Waals surface area (Å²) < 4.78 is 22.7. The predicted molar refractivity (Wildman–Crippen MR) is 95.6 cm³/mol. The highest BCUT2D eigenvalue weighted by Gasteiger charge is 2.72. The first-order valence-electron chi connectivity index (χ1n) is 9.22. The molecule has 0 aromatic rings. The summed E-state index contributed by atoms with van der Waals surface area (Å²) in [6.45, 7) is 13.9. The Hall–Kier alpha value is -1.28. The highest BCUT2D eigenvalue weighted by atomic mass is 16.7. The molecule has 0 N–H and O–H groups in total. The quantitative estimate of drug-likeness (QED) is 0.552. The van der Waals surface area contributed by atoms with Crippen LogP contribution in [0.4, 0.5) is 4.79 Å². The summed E-state index contributed by atoms with van der Waals surface area (Å²) in [7, 11) is 0.970. The molecule has 2 heterocycles. The number of hydrogen-bond donors (Lipinski definition) is 0. The summed E-state index contributed by atoms with van der Waals surface area (Å²) >= 11 is 0. The molecule has 3 fully saturated rings. The molecule has 4 atom stereocenters. The van der Waals surface area contributed by atoms with Gasteiger partial charge in [-0.1, -0.05) is 0 Å². The molecule has 7 nitrogen and oxygen atoms in total. The van der Waals surface area contributed by atoms with Gasteiger partial charge < -0.3 is 18.8 Å². The minimum atomic E-state index is -0.649. The number of carbonyl (C=O) groups is 2. The third kappa shape index (κ3) is 3.11. The molecule has 1 amide bonds. The van der Waals surface area contributed by atoms with Crippen LogP contribution in [0, 0.1) is 11.8 Å². The highest BCUT2D eigenvalue weighted by molar-refractivity contribution is 6.49. The van der Waals surface area contributed by atoms with Crippen LogP contribution in [-0.2, 0) is 23.6 Å². The summed E-state index contributed by atoms with van der Waals surface area (Å²) in [6.07, 6.45) is -0.479. The average Bonchev–Trinajstić information content (AvgIpc) is 2.94. The molecule has 26 heavy (non-hydrogen) atoms. The van der Waals surface area contributed by atoms with Gasteiger partial charge in [-0.25, -0.2) is 9.59 Å². The van der Waals surface area contributed by atoms with E-state index >= 15 is 0 Å². The van der Waals surface area contributed by atoms with Crippen LogP contribution in [0.1, 0.15) is 48.5 Å². The van der Waals surface area contributed by atoms with Crippen molar-refractivity contribution in [2.75, 3.05) is 13.7 Å². The van der Waals surface area contributed by atoms with Crippen LogP contribution in [0.2, 0.25) is 5.82 Å². The van der Waals surface area contributed by atoms with E-state index in [0.717, 1.165) is 0 Å². The van der Waals surface area contributed by atoms with Crippen LogP contribution < -0.4 is 0 Å². The van der Waals surface area contributed by atoms with Gasteiger partial charge >= 0.3 is 19.2 Å². The van der Waals surface area contributed by atoms with Gasteiger partial charge in [-0.15, -0.1) is 0 Å². The van der Waals surface area contributed by atoms with Crippen LogP contribution in [-0.4, -0.2) is 60.6 Å². The first-order chi connectivity index (χ1) is 11.8. The molecule has 146 valence electrons. The van der Waals surface area contributed by atoms with Gasteiger partial charge in [-0.05, 0) is 60.3 Å². The van der Waals surface area contributed by atoms with Gasteiger partial charge in [0.1, 0.15) is 11.6 Å². The minimum Gasteiger partial charge on any atom is -0.467 e. The Kier molecular flexibility index (Phi) is 4.39. The molecule has 1 aliphatic carbocycles. The summed E-state index contributed by atoms with van der Waals surface area (Å²) in [5.74, 6) is -0.202. The smallest absolute Gasteiger partial charge is 0.461 e. The van der Waals surface area contributed by atoms with E-state index in [9.17, 15) is 9.59 Å². The second kappa shape index (κ2) is 5.86. The lowest BCUT2D eigenvalue weighted by molar-refractivity contribution is -0.146. The second-order valence-corrected chi connectivity index (χ2v) is 9.54. The van der Waals surface area contributed by atoms with E-state index in [1.807, 2.05) is 48.5 Å². The zero-order valence-electron chi connectivity index (χ0n) is 17.0. The molecule has 2 saturated heterocycles. The van der Waals surface area contributed by atoms with Gasteiger partial charge in [0, 0.05) is 12.4 Å². The van der Waals surface area contributed by atoms with Crippen molar-refractivity contribution in [2.24, 2.45) is 11.8 Å². The average molecular weight is 367 g/mol. The van der Waals surface area contributed by atoms with E-state index in [1.165, 1.54) is 12.0 Å². The van der Waals surface area contributed by atoms with Gasteiger partial charge in [0.2, 0.25) is 0 Å². The summed E-state index contributed by atoms with van der Waals surface area (Å²) in [4.78, 5) is 26.4. The standard InChI is InChI=1S/C18H30BNO6/c1-16(2,3)24-15(22)20-9-10-11(13(20)14(21)23-8)12(10)19-25-17(4,5)18(6,7)26-19/h10-13H,9H2,1-8H3. The Bertz CT molecular complexity index is 597. The summed E-state index contributed by atoms with van der Waals surface area (Å²) in [5.41, 5.74) is -1.45. The fourth-order valence-electron chi connectivity index (χ4n) is 4.01.